The summed E-state index contributed by atoms with van der Waals surface area (Å²) < 4.78 is 0. The van der Waals surface area contributed by atoms with E-state index < -0.39 is 0 Å². The van der Waals surface area contributed by atoms with E-state index in [9.17, 15) is 4.79 Å². The van der Waals surface area contributed by atoms with Crippen molar-refractivity contribution in [2.45, 2.75) is 56.4 Å². The smallest absolute Gasteiger partial charge is 0.237 e. The van der Waals surface area contributed by atoms with Gasteiger partial charge in [-0.1, -0.05) is 25.3 Å². The lowest BCUT2D eigenvalue weighted by Gasteiger charge is -2.37. The van der Waals surface area contributed by atoms with Gasteiger partial charge in [0.2, 0.25) is 5.91 Å². The van der Waals surface area contributed by atoms with E-state index in [1.54, 1.807) is 0 Å². The Balaban J connectivity index is 0.00000161. The fourth-order valence-electron chi connectivity index (χ4n) is 3.61. The van der Waals surface area contributed by atoms with Crippen molar-refractivity contribution < 1.29 is 4.79 Å². The van der Waals surface area contributed by atoms with Crippen LogP contribution in [0.25, 0.3) is 0 Å². The normalized spacial score (nSPS) is 24.3. The van der Waals surface area contributed by atoms with Gasteiger partial charge >= 0.3 is 0 Å². The van der Waals surface area contributed by atoms with Gasteiger partial charge in [-0.3, -0.25) is 4.79 Å². The number of hydrogen-bond acceptors (Lipinski definition) is 3. The van der Waals surface area contributed by atoms with E-state index in [1.807, 2.05) is 11.3 Å². The van der Waals surface area contributed by atoms with Gasteiger partial charge in [0.05, 0.1) is 6.04 Å². The Hall–Kier alpha value is -0.580. The molecule has 1 aromatic rings. The molecular formula is C16H25ClN2OS. The minimum Gasteiger partial charge on any atom is -0.354 e. The summed E-state index contributed by atoms with van der Waals surface area (Å²) in [5.74, 6) is 0.198. The molecule has 0 aromatic carbocycles. The quantitative estimate of drug-likeness (QED) is 0.891. The summed E-state index contributed by atoms with van der Waals surface area (Å²) in [6.07, 6.45) is 8.44. The van der Waals surface area contributed by atoms with Gasteiger partial charge in [0.25, 0.3) is 0 Å². The van der Waals surface area contributed by atoms with Crippen LogP contribution in [-0.4, -0.2) is 25.0 Å². The maximum absolute atomic E-state index is 12.2. The summed E-state index contributed by atoms with van der Waals surface area (Å²) in [6.45, 7) is 1.79. The summed E-state index contributed by atoms with van der Waals surface area (Å²) in [6, 6.07) is 4.42. The van der Waals surface area contributed by atoms with Crippen LogP contribution in [0.1, 0.15) is 49.8 Å². The van der Waals surface area contributed by atoms with Crippen molar-refractivity contribution >= 4 is 29.7 Å². The van der Waals surface area contributed by atoms with Crippen molar-refractivity contribution in [2.24, 2.45) is 0 Å². The molecule has 1 aliphatic carbocycles. The first kappa shape index (κ1) is 16.8. The molecule has 1 aliphatic heterocycles. The molecule has 1 amide bonds. The first-order chi connectivity index (χ1) is 9.80. The van der Waals surface area contributed by atoms with Crippen LogP contribution >= 0.6 is 23.7 Å². The van der Waals surface area contributed by atoms with Crippen LogP contribution in [0.3, 0.4) is 0 Å². The van der Waals surface area contributed by atoms with E-state index in [1.165, 1.54) is 37.0 Å². The number of thiophene rings is 1. The third-order valence-electron chi connectivity index (χ3n) is 4.83. The maximum atomic E-state index is 12.2. The molecular weight excluding hydrogens is 304 g/mol. The number of halogens is 1. The van der Waals surface area contributed by atoms with Gasteiger partial charge in [-0.05, 0) is 43.7 Å². The predicted molar refractivity (Wildman–Crippen MR) is 90.4 cm³/mol. The fourth-order valence-corrected chi connectivity index (χ4v) is 4.59. The van der Waals surface area contributed by atoms with Crippen LogP contribution in [0.5, 0.6) is 0 Å². The Labute approximate surface area is 137 Å². The van der Waals surface area contributed by atoms with E-state index in [4.69, 9.17) is 0 Å². The predicted octanol–water partition coefficient (Wildman–Crippen LogP) is 3.24. The van der Waals surface area contributed by atoms with Crippen LogP contribution in [0.15, 0.2) is 17.5 Å². The number of carbonyl (C=O) groups is 1. The first-order valence-corrected chi connectivity index (χ1v) is 8.73. The molecule has 0 bridgehead atoms. The molecule has 21 heavy (non-hydrogen) atoms. The summed E-state index contributed by atoms with van der Waals surface area (Å²) in [5.41, 5.74) is 0.195. The highest BCUT2D eigenvalue weighted by Gasteiger charge is 2.35. The molecule has 2 fully saturated rings. The van der Waals surface area contributed by atoms with Gasteiger partial charge in [-0.25, -0.2) is 0 Å². The van der Waals surface area contributed by atoms with Crippen molar-refractivity contribution in [3.05, 3.63) is 22.4 Å². The van der Waals surface area contributed by atoms with Crippen LogP contribution in [0, 0.1) is 0 Å². The molecule has 0 radical (unpaired) electrons. The zero-order valence-electron chi connectivity index (χ0n) is 12.4. The summed E-state index contributed by atoms with van der Waals surface area (Å²) in [5, 5.41) is 8.67. The van der Waals surface area contributed by atoms with Crippen LogP contribution in [0.4, 0.5) is 0 Å². The minimum absolute atomic E-state index is 0. The van der Waals surface area contributed by atoms with Crippen molar-refractivity contribution in [3.63, 3.8) is 0 Å². The average Bonchev–Trinajstić information content (AvgIpc) is 3.18. The summed E-state index contributed by atoms with van der Waals surface area (Å²) >= 11 is 1.85. The highest BCUT2D eigenvalue weighted by atomic mass is 35.5. The Kier molecular flexibility index (Phi) is 6.08. The lowest BCUT2D eigenvalue weighted by atomic mass is 9.73. The van der Waals surface area contributed by atoms with Crippen molar-refractivity contribution in [1.82, 2.24) is 10.6 Å². The molecule has 118 valence electrons. The Bertz CT molecular complexity index is 437. The standard InChI is InChI=1S/C16H24N2OS.ClH/c19-15(13-6-4-10-17-13)18-12-16(8-2-1-3-9-16)14-7-5-11-20-14;/h5,7,11,13,17H,1-4,6,8-10,12H2,(H,18,19);1H. The van der Waals surface area contributed by atoms with Gasteiger partial charge in [0.15, 0.2) is 0 Å². The SMILES string of the molecule is Cl.O=C(NCC1(c2cccs2)CCCCC1)C1CCCN1. The number of amides is 1. The molecule has 1 aromatic heterocycles. The zero-order chi connectivity index (χ0) is 13.8. The molecule has 2 heterocycles. The molecule has 2 N–H and O–H groups in total. The van der Waals surface area contributed by atoms with E-state index in [0.717, 1.165) is 25.9 Å². The maximum Gasteiger partial charge on any atom is 0.237 e. The van der Waals surface area contributed by atoms with E-state index in [0.29, 0.717) is 0 Å². The van der Waals surface area contributed by atoms with E-state index in [2.05, 4.69) is 28.1 Å². The lowest BCUT2D eigenvalue weighted by Crippen LogP contribution is -2.47. The second-order valence-electron chi connectivity index (χ2n) is 6.19. The molecule has 1 saturated carbocycles. The highest BCUT2D eigenvalue weighted by molar-refractivity contribution is 7.10. The Morgan fingerprint density at radius 3 is 2.76 bits per heavy atom. The third-order valence-corrected chi connectivity index (χ3v) is 5.95. The second-order valence-corrected chi connectivity index (χ2v) is 7.13. The van der Waals surface area contributed by atoms with Gasteiger partial charge in [0.1, 0.15) is 0 Å². The van der Waals surface area contributed by atoms with Crippen molar-refractivity contribution in [1.29, 1.82) is 0 Å². The van der Waals surface area contributed by atoms with Gasteiger partial charge < -0.3 is 10.6 Å². The fraction of sp³-hybridized carbons (Fsp3) is 0.688. The first-order valence-electron chi connectivity index (χ1n) is 7.85. The van der Waals surface area contributed by atoms with Gasteiger partial charge in [0, 0.05) is 16.8 Å². The van der Waals surface area contributed by atoms with E-state index in [-0.39, 0.29) is 29.8 Å². The summed E-state index contributed by atoms with van der Waals surface area (Å²) in [4.78, 5) is 13.7. The zero-order valence-corrected chi connectivity index (χ0v) is 14.0. The number of carbonyl (C=O) groups excluding carboxylic acids is 1. The lowest BCUT2D eigenvalue weighted by molar-refractivity contribution is -0.123. The summed E-state index contributed by atoms with van der Waals surface area (Å²) in [7, 11) is 0. The molecule has 1 saturated heterocycles. The topological polar surface area (TPSA) is 41.1 Å². The van der Waals surface area contributed by atoms with Crippen LogP contribution in [0.2, 0.25) is 0 Å². The Morgan fingerprint density at radius 1 is 1.33 bits per heavy atom. The third kappa shape index (κ3) is 3.79. The molecule has 3 rings (SSSR count). The molecule has 1 unspecified atom stereocenters. The number of rotatable bonds is 4. The minimum atomic E-state index is 0. The van der Waals surface area contributed by atoms with Crippen molar-refractivity contribution in [3.8, 4) is 0 Å². The highest BCUT2D eigenvalue weighted by Crippen LogP contribution is 2.41. The van der Waals surface area contributed by atoms with Crippen LogP contribution < -0.4 is 10.6 Å². The average molecular weight is 329 g/mol. The van der Waals surface area contributed by atoms with Gasteiger partial charge in [-0.2, -0.15) is 0 Å². The van der Waals surface area contributed by atoms with E-state index >= 15 is 0 Å². The Morgan fingerprint density at radius 2 is 2.14 bits per heavy atom. The number of hydrogen-bond donors (Lipinski definition) is 2. The van der Waals surface area contributed by atoms with Gasteiger partial charge in [-0.15, -0.1) is 23.7 Å². The molecule has 1 atom stereocenters. The monoisotopic (exact) mass is 328 g/mol. The van der Waals surface area contributed by atoms with Crippen LogP contribution in [-0.2, 0) is 10.2 Å². The van der Waals surface area contributed by atoms with Crippen molar-refractivity contribution in [2.75, 3.05) is 13.1 Å². The molecule has 5 heteroatoms. The molecule has 0 spiro atoms. The molecule has 2 aliphatic rings. The molecule has 3 nitrogen and oxygen atoms in total. The largest absolute Gasteiger partial charge is 0.354 e. The second kappa shape index (κ2) is 7.61. The number of nitrogens with one attached hydrogen (secondary N) is 2.